The van der Waals surface area contributed by atoms with E-state index >= 15 is 0 Å². The van der Waals surface area contributed by atoms with Gasteiger partial charge < -0.3 is 14.8 Å². The number of rotatable bonds is 6. The van der Waals surface area contributed by atoms with Gasteiger partial charge in [-0.05, 0) is 80.5 Å². The van der Waals surface area contributed by atoms with Gasteiger partial charge in [0.25, 0.3) is 5.91 Å². The number of halogens is 1. The summed E-state index contributed by atoms with van der Waals surface area (Å²) in [5.41, 5.74) is 5.75. The van der Waals surface area contributed by atoms with Crippen molar-refractivity contribution in [1.82, 2.24) is 20.3 Å². The molecule has 1 heterocycles. The molecule has 0 atom stereocenters. The zero-order valence-corrected chi connectivity index (χ0v) is 21.3. The first-order chi connectivity index (χ1) is 16.7. The molecule has 1 amide bonds. The topological polar surface area (TPSA) is 90.3 Å². The van der Waals surface area contributed by atoms with Crippen LogP contribution < -0.4 is 20.1 Å². The van der Waals surface area contributed by atoms with Crippen molar-refractivity contribution in [3.63, 3.8) is 0 Å². The smallest absolute Gasteiger partial charge is 0.264 e. The Morgan fingerprint density at radius 1 is 1.00 bits per heavy atom. The van der Waals surface area contributed by atoms with Gasteiger partial charge >= 0.3 is 0 Å². The lowest BCUT2D eigenvalue weighted by Gasteiger charge is -2.13. The summed E-state index contributed by atoms with van der Waals surface area (Å²) in [5.74, 6) is 0.875. The molecule has 10 heteroatoms. The molecule has 0 aliphatic carbocycles. The molecule has 35 heavy (non-hydrogen) atoms. The van der Waals surface area contributed by atoms with Crippen LogP contribution in [0.5, 0.6) is 11.5 Å². The molecule has 0 aliphatic heterocycles. The molecule has 180 valence electrons. The summed E-state index contributed by atoms with van der Waals surface area (Å²) in [6.45, 7) is 5.70. The molecule has 0 saturated carbocycles. The third kappa shape index (κ3) is 5.70. The van der Waals surface area contributed by atoms with Crippen LogP contribution in [-0.2, 0) is 4.79 Å². The van der Waals surface area contributed by atoms with E-state index in [4.69, 9.17) is 33.3 Å². The van der Waals surface area contributed by atoms with Crippen molar-refractivity contribution >= 4 is 51.6 Å². The fourth-order valence-electron chi connectivity index (χ4n) is 3.52. The third-order valence-electron chi connectivity index (χ3n) is 5.28. The fourth-order valence-corrected chi connectivity index (χ4v) is 3.99. The van der Waals surface area contributed by atoms with Crippen molar-refractivity contribution in [1.29, 1.82) is 0 Å². The van der Waals surface area contributed by atoms with Crippen LogP contribution in [0.3, 0.4) is 0 Å². The second-order valence-corrected chi connectivity index (χ2v) is 8.84. The van der Waals surface area contributed by atoms with E-state index in [1.165, 1.54) is 4.80 Å². The number of carbonyl (C=O) groups is 1. The molecule has 2 N–H and O–H groups in total. The summed E-state index contributed by atoms with van der Waals surface area (Å²) in [4.78, 5) is 13.8. The molecule has 4 aromatic rings. The number of amides is 1. The number of aryl methyl sites for hydroxylation is 3. The number of benzene rings is 3. The highest BCUT2D eigenvalue weighted by Crippen LogP contribution is 2.27. The van der Waals surface area contributed by atoms with Crippen LogP contribution in [-0.4, -0.2) is 39.7 Å². The van der Waals surface area contributed by atoms with Crippen LogP contribution in [0.4, 0.5) is 5.69 Å². The molecule has 0 spiro atoms. The Bertz CT molecular complexity index is 1440. The van der Waals surface area contributed by atoms with E-state index in [9.17, 15) is 4.79 Å². The van der Waals surface area contributed by atoms with Gasteiger partial charge in [-0.3, -0.25) is 10.1 Å². The van der Waals surface area contributed by atoms with Gasteiger partial charge in [-0.15, -0.1) is 10.2 Å². The van der Waals surface area contributed by atoms with E-state index in [1.54, 1.807) is 19.2 Å². The minimum absolute atomic E-state index is 0.150. The van der Waals surface area contributed by atoms with Gasteiger partial charge in [0, 0.05) is 5.69 Å². The molecule has 3 aromatic carbocycles. The van der Waals surface area contributed by atoms with Gasteiger partial charge in [0.2, 0.25) is 0 Å². The normalized spacial score (nSPS) is 10.8. The maximum Gasteiger partial charge on any atom is 0.264 e. The largest absolute Gasteiger partial charge is 0.495 e. The zero-order valence-electron chi connectivity index (χ0n) is 19.7. The molecule has 0 aliphatic rings. The zero-order chi connectivity index (χ0) is 25.1. The summed E-state index contributed by atoms with van der Waals surface area (Å²) in [6.07, 6.45) is 0. The highest BCUT2D eigenvalue weighted by molar-refractivity contribution is 7.80. The second kappa shape index (κ2) is 10.3. The third-order valence-corrected chi connectivity index (χ3v) is 5.78. The van der Waals surface area contributed by atoms with E-state index in [2.05, 4.69) is 20.8 Å². The standard InChI is InChI=1S/C25H24ClN5O3S/c1-14-5-7-22(16(3)9-14)34-13-24(32)28-25(35)27-19-12-21-20(10-15(19)2)29-31(30-21)17-6-8-23(33-4)18(26)11-17/h5-12H,13H2,1-4H3,(H2,27,28,32,35). The molecule has 0 radical (unpaired) electrons. The molecule has 0 bridgehead atoms. The average Bonchev–Trinajstić information content (AvgIpc) is 3.21. The van der Waals surface area contributed by atoms with Gasteiger partial charge in [-0.1, -0.05) is 29.3 Å². The van der Waals surface area contributed by atoms with Gasteiger partial charge in [0.15, 0.2) is 11.7 Å². The van der Waals surface area contributed by atoms with Crippen LogP contribution >= 0.6 is 23.8 Å². The number of fused-ring (bicyclic) bond motifs is 1. The van der Waals surface area contributed by atoms with Crippen molar-refractivity contribution in [2.45, 2.75) is 20.8 Å². The summed E-state index contributed by atoms with van der Waals surface area (Å²) in [5, 5.41) is 15.4. The summed E-state index contributed by atoms with van der Waals surface area (Å²) in [7, 11) is 1.56. The van der Waals surface area contributed by atoms with E-state index in [-0.39, 0.29) is 17.6 Å². The number of hydrogen-bond donors (Lipinski definition) is 2. The molecule has 0 saturated heterocycles. The second-order valence-electron chi connectivity index (χ2n) is 8.02. The number of carbonyl (C=O) groups excluding carboxylic acids is 1. The molecular formula is C25H24ClN5O3S. The van der Waals surface area contributed by atoms with Crippen LogP contribution in [0, 0.1) is 20.8 Å². The molecule has 8 nitrogen and oxygen atoms in total. The van der Waals surface area contributed by atoms with Crippen molar-refractivity contribution in [3.8, 4) is 17.2 Å². The average molecular weight is 510 g/mol. The minimum Gasteiger partial charge on any atom is -0.495 e. The Balaban J connectivity index is 1.42. The van der Waals surface area contributed by atoms with E-state index < -0.39 is 0 Å². The van der Waals surface area contributed by atoms with Crippen LogP contribution in [0.2, 0.25) is 5.02 Å². The number of anilines is 1. The Morgan fingerprint density at radius 2 is 1.71 bits per heavy atom. The highest BCUT2D eigenvalue weighted by atomic mass is 35.5. The SMILES string of the molecule is COc1ccc(-n2nc3cc(C)c(NC(=S)NC(=O)COc4ccc(C)cc4C)cc3n2)cc1Cl. The lowest BCUT2D eigenvalue weighted by atomic mass is 10.1. The van der Waals surface area contributed by atoms with Crippen molar-refractivity contribution in [2.75, 3.05) is 19.0 Å². The first kappa shape index (κ1) is 24.4. The minimum atomic E-state index is -0.358. The summed E-state index contributed by atoms with van der Waals surface area (Å²) >= 11 is 11.6. The Hall–Kier alpha value is -3.69. The number of thiocarbonyl (C=S) groups is 1. The number of nitrogens with one attached hydrogen (secondary N) is 2. The van der Waals surface area contributed by atoms with E-state index in [0.29, 0.717) is 38.9 Å². The number of hydrogen-bond acceptors (Lipinski definition) is 6. The number of ether oxygens (including phenoxy) is 2. The van der Waals surface area contributed by atoms with Crippen LogP contribution in [0.25, 0.3) is 16.7 Å². The van der Waals surface area contributed by atoms with Crippen LogP contribution in [0.15, 0.2) is 48.5 Å². The van der Waals surface area contributed by atoms with Crippen molar-refractivity contribution < 1.29 is 14.3 Å². The first-order valence-electron chi connectivity index (χ1n) is 10.8. The molecule has 0 unspecified atom stereocenters. The van der Waals surface area contributed by atoms with E-state index in [1.807, 2.05) is 57.2 Å². The molecule has 0 fully saturated rings. The lowest BCUT2D eigenvalue weighted by molar-refractivity contribution is -0.121. The summed E-state index contributed by atoms with van der Waals surface area (Å²) < 4.78 is 10.8. The van der Waals surface area contributed by atoms with Crippen molar-refractivity contribution in [2.24, 2.45) is 0 Å². The van der Waals surface area contributed by atoms with Gasteiger partial charge in [0.05, 0.1) is 17.8 Å². The predicted molar refractivity (Wildman–Crippen MR) is 141 cm³/mol. The fraction of sp³-hybridized carbons (Fsp3) is 0.200. The number of aromatic nitrogens is 3. The van der Waals surface area contributed by atoms with Gasteiger partial charge in [0.1, 0.15) is 22.5 Å². The maximum absolute atomic E-state index is 12.3. The quantitative estimate of drug-likeness (QED) is 0.357. The monoisotopic (exact) mass is 509 g/mol. The predicted octanol–water partition coefficient (Wildman–Crippen LogP) is 4.90. The molecule has 4 rings (SSSR count). The first-order valence-corrected chi connectivity index (χ1v) is 11.5. The Kier molecular flexibility index (Phi) is 7.18. The number of methoxy groups -OCH3 is 1. The Labute approximate surface area is 213 Å². The van der Waals surface area contributed by atoms with Crippen molar-refractivity contribution in [3.05, 3.63) is 70.2 Å². The highest BCUT2D eigenvalue weighted by Gasteiger charge is 2.13. The van der Waals surface area contributed by atoms with E-state index in [0.717, 1.165) is 16.7 Å². The summed E-state index contributed by atoms with van der Waals surface area (Å²) in [6, 6.07) is 14.8. The molecular weight excluding hydrogens is 486 g/mol. The maximum atomic E-state index is 12.3. The van der Waals surface area contributed by atoms with Gasteiger partial charge in [-0.2, -0.15) is 4.80 Å². The molecule has 1 aromatic heterocycles. The lowest BCUT2D eigenvalue weighted by Crippen LogP contribution is -2.37. The van der Waals surface area contributed by atoms with Crippen LogP contribution in [0.1, 0.15) is 16.7 Å². The number of nitrogens with zero attached hydrogens (tertiary/aromatic N) is 3. The van der Waals surface area contributed by atoms with Gasteiger partial charge in [-0.25, -0.2) is 0 Å². The Morgan fingerprint density at radius 3 is 2.40 bits per heavy atom.